The molecule has 1 aromatic rings. The van der Waals surface area contributed by atoms with Crippen LogP contribution < -0.4 is 5.73 Å². The van der Waals surface area contributed by atoms with Crippen LogP contribution in [0.5, 0.6) is 0 Å². The molecular formula is C9H11NO4S. The van der Waals surface area contributed by atoms with Crippen molar-refractivity contribution in [3.8, 4) is 0 Å². The largest absolute Gasteiger partial charge is 0.478 e. The molecule has 0 aromatic heterocycles. The predicted octanol–water partition coefficient (Wildman–Crippen LogP) is 0.679. The summed E-state index contributed by atoms with van der Waals surface area (Å²) in [6.45, 7) is 1.48. The molecule has 0 saturated carbocycles. The maximum absolute atomic E-state index is 11.3. The molecule has 0 aliphatic rings. The van der Waals surface area contributed by atoms with Crippen molar-refractivity contribution in [1.29, 1.82) is 0 Å². The van der Waals surface area contributed by atoms with Crippen molar-refractivity contribution < 1.29 is 18.3 Å². The van der Waals surface area contributed by atoms with Crippen LogP contribution in [0, 0.1) is 6.92 Å². The molecule has 0 fully saturated rings. The summed E-state index contributed by atoms with van der Waals surface area (Å²) in [5.41, 5.74) is 5.85. The van der Waals surface area contributed by atoms with Crippen LogP contribution in [0.4, 0.5) is 5.69 Å². The zero-order chi connectivity index (χ0) is 11.8. The highest BCUT2D eigenvalue weighted by molar-refractivity contribution is 7.90. The Hall–Kier alpha value is -1.56. The Labute approximate surface area is 87.4 Å². The van der Waals surface area contributed by atoms with E-state index >= 15 is 0 Å². The first-order valence-electron chi connectivity index (χ1n) is 4.07. The second kappa shape index (κ2) is 3.54. The van der Waals surface area contributed by atoms with E-state index in [9.17, 15) is 13.2 Å². The van der Waals surface area contributed by atoms with Gasteiger partial charge in [0.2, 0.25) is 0 Å². The fourth-order valence-corrected chi connectivity index (χ4v) is 2.13. The average Bonchev–Trinajstić information content (AvgIpc) is 2.06. The SMILES string of the molecule is Cc1c(C(=O)O)ccc(S(C)(=O)=O)c1N. The summed E-state index contributed by atoms with van der Waals surface area (Å²) in [4.78, 5) is 10.7. The van der Waals surface area contributed by atoms with Crippen molar-refractivity contribution in [3.05, 3.63) is 23.3 Å². The molecule has 0 aliphatic carbocycles. The second-order valence-electron chi connectivity index (χ2n) is 3.23. The number of carboxylic acid groups (broad SMARTS) is 1. The molecule has 15 heavy (non-hydrogen) atoms. The minimum Gasteiger partial charge on any atom is -0.478 e. The Kier molecular flexibility index (Phi) is 2.72. The number of carbonyl (C=O) groups is 1. The molecule has 1 rings (SSSR count). The fourth-order valence-electron chi connectivity index (χ4n) is 1.26. The summed E-state index contributed by atoms with van der Waals surface area (Å²) in [6, 6.07) is 2.45. The lowest BCUT2D eigenvalue weighted by molar-refractivity contribution is 0.0696. The number of hydrogen-bond acceptors (Lipinski definition) is 4. The second-order valence-corrected chi connectivity index (χ2v) is 5.21. The van der Waals surface area contributed by atoms with Crippen molar-refractivity contribution in [3.63, 3.8) is 0 Å². The van der Waals surface area contributed by atoms with Gasteiger partial charge in [0, 0.05) is 6.26 Å². The average molecular weight is 229 g/mol. The van der Waals surface area contributed by atoms with Crippen LogP contribution in [0.2, 0.25) is 0 Å². The molecule has 0 aliphatic heterocycles. The van der Waals surface area contributed by atoms with Gasteiger partial charge in [0.25, 0.3) is 0 Å². The predicted molar refractivity (Wildman–Crippen MR) is 55.7 cm³/mol. The summed E-state index contributed by atoms with van der Waals surface area (Å²) < 4.78 is 22.5. The lowest BCUT2D eigenvalue weighted by Gasteiger charge is -2.08. The number of aromatic carboxylic acids is 1. The first-order chi connectivity index (χ1) is 6.75. The zero-order valence-electron chi connectivity index (χ0n) is 8.31. The van der Waals surface area contributed by atoms with E-state index in [4.69, 9.17) is 10.8 Å². The first-order valence-corrected chi connectivity index (χ1v) is 5.96. The van der Waals surface area contributed by atoms with Gasteiger partial charge in [-0.3, -0.25) is 0 Å². The summed E-state index contributed by atoms with van der Waals surface area (Å²) >= 11 is 0. The van der Waals surface area contributed by atoms with Gasteiger partial charge >= 0.3 is 5.97 Å². The van der Waals surface area contributed by atoms with E-state index in [2.05, 4.69) is 0 Å². The molecular weight excluding hydrogens is 218 g/mol. The topological polar surface area (TPSA) is 97.5 Å². The normalized spacial score (nSPS) is 11.3. The van der Waals surface area contributed by atoms with Crippen molar-refractivity contribution in [1.82, 2.24) is 0 Å². The number of nitrogen functional groups attached to an aromatic ring is 1. The zero-order valence-corrected chi connectivity index (χ0v) is 9.13. The number of benzene rings is 1. The van der Waals surface area contributed by atoms with E-state index in [1.807, 2.05) is 0 Å². The third kappa shape index (κ3) is 2.10. The molecule has 0 saturated heterocycles. The standard InChI is InChI=1S/C9H11NO4S/c1-5-6(9(11)12)3-4-7(8(5)10)15(2,13)14/h3-4H,10H2,1-2H3,(H,11,12). The monoisotopic (exact) mass is 229 g/mol. The Balaban J connectivity index is 3.55. The minimum absolute atomic E-state index is 0.00241. The fraction of sp³-hybridized carbons (Fsp3) is 0.222. The van der Waals surface area contributed by atoms with E-state index in [0.29, 0.717) is 0 Å². The van der Waals surface area contributed by atoms with E-state index < -0.39 is 15.8 Å². The lowest BCUT2D eigenvalue weighted by Crippen LogP contribution is -2.08. The molecule has 0 radical (unpaired) electrons. The van der Waals surface area contributed by atoms with Crippen molar-refractivity contribution in [2.45, 2.75) is 11.8 Å². The molecule has 6 heteroatoms. The summed E-state index contributed by atoms with van der Waals surface area (Å²) in [5.74, 6) is -1.13. The summed E-state index contributed by atoms with van der Waals surface area (Å²) in [7, 11) is -3.42. The molecule has 5 nitrogen and oxygen atoms in total. The summed E-state index contributed by atoms with van der Waals surface area (Å²) in [6.07, 6.45) is 1.03. The number of sulfone groups is 1. The van der Waals surface area contributed by atoms with Crippen LogP contribution in [0.15, 0.2) is 17.0 Å². The van der Waals surface area contributed by atoms with Crippen LogP contribution in [0.3, 0.4) is 0 Å². The Bertz CT molecular complexity index is 519. The van der Waals surface area contributed by atoms with Crippen LogP contribution in [0.1, 0.15) is 15.9 Å². The Morgan fingerprint density at radius 1 is 1.40 bits per heavy atom. The van der Waals surface area contributed by atoms with Crippen LogP contribution in [-0.4, -0.2) is 25.7 Å². The van der Waals surface area contributed by atoms with E-state index in [1.54, 1.807) is 0 Å². The van der Waals surface area contributed by atoms with Gasteiger partial charge in [-0.15, -0.1) is 0 Å². The number of carboxylic acids is 1. The molecule has 0 amide bonds. The van der Waals surface area contributed by atoms with E-state index in [0.717, 1.165) is 6.26 Å². The first kappa shape index (κ1) is 11.5. The minimum atomic E-state index is -3.42. The van der Waals surface area contributed by atoms with Gasteiger partial charge in [-0.2, -0.15) is 0 Å². The smallest absolute Gasteiger partial charge is 0.336 e. The highest BCUT2D eigenvalue weighted by Gasteiger charge is 2.17. The van der Waals surface area contributed by atoms with Crippen LogP contribution >= 0.6 is 0 Å². The van der Waals surface area contributed by atoms with Crippen LogP contribution in [-0.2, 0) is 9.84 Å². The molecule has 3 N–H and O–H groups in total. The number of hydrogen-bond donors (Lipinski definition) is 2. The van der Waals surface area contributed by atoms with Crippen molar-refractivity contribution in [2.24, 2.45) is 0 Å². The van der Waals surface area contributed by atoms with Gasteiger partial charge in [-0.25, -0.2) is 13.2 Å². The quantitative estimate of drug-likeness (QED) is 0.727. The molecule has 1 aromatic carbocycles. The number of nitrogens with two attached hydrogens (primary N) is 1. The maximum atomic E-state index is 11.3. The number of rotatable bonds is 2. The van der Waals surface area contributed by atoms with Gasteiger partial charge < -0.3 is 10.8 Å². The third-order valence-electron chi connectivity index (χ3n) is 2.10. The van der Waals surface area contributed by atoms with Crippen LogP contribution in [0.25, 0.3) is 0 Å². The van der Waals surface area contributed by atoms with E-state index in [1.165, 1.54) is 19.1 Å². The van der Waals surface area contributed by atoms with Gasteiger partial charge in [0.15, 0.2) is 9.84 Å². The summed E-state index contributed by atoms with van der Waals surface area (Å²) in [5, 5.41) is 8.78. The van der Waals surface area contributed by atoms with Gasteiger partial charge in [0.1, 0.15) is 0 Å². The highest BCUT2D eigenvalue weighted by Crippen LogP contribution is 2.24. The van der Waals surface area contributed by atoms with Gasteiger partial charge in [0.05, 0.1) is 16.1 Å². The third-order valence-corrected chi connectivity index (χ3v) is 3.26. The van der Waals surface area contributed by atoms with Gasteiger partial charge in [-0.1, -0.05) is 0 Å². The number of anilines is 1. The molecule has 0 atom stereocenters. The van der Waals surface area contributed by atoms with E-state index in [-0.39, 0.29) is 21.7 Å². The van der Waals surface area contributed by atoms with Crippen molar-refractivity contribution in [2.75, 3.05) is 12.0 Å². The van der Waals surface area contributed by atoms with Crippen molar-refractivity contribution >= 4 is 21.5 Å². The maximum Gasteiger partial charge on any atom is 0.336 e. The Morgan fingerprint density at radius 2 is 1.93 bits per heavy atom. The molecule has 0 bridgehead atoms. The molecule has 0 heterocycles. The highest BCUT2D eigenvalue weighted by atomic mass is 32.2. The van der Waals surface area contributed by atoms with Gasteiger partial charge in [-0.05, 0) is 24.6 Å². The molecule has 0 spiro atoms. The molecule has 0 unspecified atom stereocenters. The Morgan fingerprint density at radius 3 is 2.33 bits per heavy atom. The molecule has 82 valence electrons. The lowest BCUT2D eigenvalue weighted by atomic mass is 10.1.